The predicted molar refractivity (Wildman–Crippen MR) is 75.0 cm³/mol. The van der Waals surface area contributed by atoms with Crippen LogP contribution >= 0.6 is 11.6 Å². The van der Waals surface area contributed by atoms with E-state index in [1.54, 1.807) is 18.2 Å². The molecule has 0 unspecified atom stereocenters. The Morgan fingerprint density at radius 2 is 2.11 bits per heavy atom. The van der Waals surface area contributed by atoms with Gasteiger partial charge in [-0.25, -0.2) is 0 Å². The zero-order valence-electron chi connectivity index (χ0n) is 10.4. The first-order chi connectivity index (χ1) is 9.08. The molecule has 0 heterocycles. The average molecular weight is 282 g/mol. The number of halogens is 1. The quantitative estimate of drug-likeness (QED) is 0.596. The fraction of sp³-hybridized carbons (Fsp3) is 0.286. The van der Waals surface area contributed by atoms with Crippen LogP contribution in [0, 0.1) is 0 Å². The molecule has 0 saturated heterocycles. The third kappa shape index (κ3) is 7.26. The average Bonchev–Trinajstić information content (AvgIpc) is 2.35. The number of hydrogen-bond donors (Lipinski definition) is 2. The highest BCUT2D eigenvalue weighted by Crippen LogP contribution is 2.11. The van der Waals surface area contributed by atoms with Crippen LogP contribution in [0.4, 0.5) is 0 Å². The fourth-order valence-electron chi connectivity index (χ4n) is 1.45. The Morgan fingerprint density at radius 1 is 1.32 bits per heavy atom. The largest absolute Gasteiger partial charge is 0.481 e. The van der Waals surface area contributed by atoms with E-state index < -0.39 is 5.97 Å². The van der Waals surface area contributed by atoms with Crippen molar-refractivity contribution in [3.05, 3.63) is 40.9 Å². The van der Waals surface area contributed by atoms with E-state index in [9.17, 15) is 9.59 Å². The first-order valence-corrected chi connectivity index (χ1v) is 6.39. The molecule has 1 aromatic carbocycles. The van der Waals surface area contributed by atoms with E-state index in [1.807, 2.05) is 12.1 Å². The van der Waals surface area contributed by atoms with Crippen LogP contribution in [0.3, 0.4) is 0 Å². The topological polar surface area (TPSA) is 66.4 Å². The second-order valence-corrected chi connectivity index (χ2v) is 4.47. The summed E-state index contributed by atoms with van der Waals surface area (Å²) in [6.07, 6.45) is 4.46. The highest BCUT2D eigenvalue weighted by Gasteiger charge is 1.98. The van der Waals surface area contributed by atoms with E-state index in [0.717, 1.165) is 5.56 Å². The minimum Gasteiger partial charge on any atom is -0.481 e. The van der Waals surface area contributed by atoms with E-state index in [2.05, 4.69) is 5.32 Å². The SMILES string of the molecule is O=C(O)CCCCNC(=O)C=Cc1cccc(Cl)c1. The summed E-state index contributed by atoms with van der Waals surface area (Å²) in [4.78, 5) is 21.7. The van der Waals surface area contributed by atoms with Crippen LogP contribution in [0.15, 0.2) is 30.3 Å². The van der Waals surface area contributed by atoms with Gasteiger partial charge in [0.25, 0.3) is 0 Å². The normalized spacial score (nSPS) is 10.6. The van der Waals surface area contributed by atoms with Gasteiger partial charge >= 0.3 is 5.97 Å². The van der Waals surface area contributed by atoms with Gasteiger partial charge in [0.2, 0.25) is 5.91 Å². The molecule has 19 heavy (non-hydrogen) atoms. The molecule has 0 bridgehead atoms. The number of carbonyl (C=O) groups excluding carboxylic acids is 1. The lowest BCUT2D eigenvalue weighted by Crippen LogP contribution is -2.22. The number of rotatable bonds is 7. The van der Waals surface area contributed by atoms with E-state index in [4.69, 9.17) is 16.7 Å². The molecule has 1 aromatic rings. The summed E-state index contributed by atoms with van der Waals surface area (Å²) < 4.78 is 0. The van der Waals surface area contributed by atoms with E-state index in [1.165, 1.54) is 6.08 Å². The monoisotopic (exact) mass is 281 g/mol. The van der Waals surface area contributed by atoms with Crippen LogP contribution in [0.25, 0.3) is 6.08 Å². The minimum absolute atomic E-state index is 0.133. The van der Waals surface area contributed by atoms with Crippen LogP contribution in [0.2, 0.25) is 5.02 Å². The molecular formula is C14H16ClNO3. The zero-order chi connectivity index (χ0) is 14.1. The van der Waals surface area contributed by atoms with Gasteiger partial charge in [-0.2, -0.15) is 0 Å². The van der Waals surface area contributed by atoms with Gasteiger partial charge in [-0.1, -0.05) is 23.7 Å². The number of unbranched alkanes of at least 4 members (excludes halogenated alkanes) is 1. The van der Waals surface area contributed by atoms with Crippen molar-refractivity contribution in [2.24, 2.45) is 0 Å². The van der Waals surface area contributed by atoms with Crippen LogP contribution in [-0.2, 0) is 9.59 Å². The Morgan fingerprint density at radius 3 is 2.79 bits per heavy atom. The Balaban J connectivity index is 2.25. The molecule has 0 aromatic heterocycles. The maximum atomic E-state index is 11.5. The lowest BCUT2D eigenvalue weighted by atomic mass is 10.2. The Bertz CT molecular complexity index is 472. The number of hydrogen-bond acceptors (Lipinski definition) is 2. The van der Waals surface area contributed by atoms with Crippen LogP contribution < -0.4 is 5.32 Å². The predicted octanol–water partition coefficient (Wildman–Crippen LogP) is 2.72. The van der Waals surface area contributed by atoms with Gasteiger partial charge in [0.05, 0.1) is 0 Å². The van der Waals surface area contributed by atoms with E-state index in [-0.39, 0.29) is 12.3 Å². The van der Waals surface area contributed by atoms with Crippen LogP contribution in [-0.4, -0.2) is 23.5 Å². The van der Waals surface area contributed by atoms with Crippen LogP contribution in [0.1, 0.15) is 24.8 Å². The van der Waals surface area contributed by atoms with Crippen molar-refractivity contribution in [1.82, 2.24) is 5.32 Å². The second-order valence-electron chi connectivity index (χ2n) is 4.03. The van der Waals surface area contributed by atoms with E-state index in [0.29, 0.717) is 24.4 Å². The molecule has 0 atom stereocenters. The zero-order valence-corrected chi connectivity index (χ0v) is 11.2. The molecule has 0 aliphatic carbocycles. The highest BCUT2D eigenvalue weighted by molar-refractivity contribution is 6.30. The highest BCUT2D eigenvalue weighted by atomic mass is 35.5. The number of carbonyl (C=O) groups is 2. The summed E-state index contributed by atoms with van der Waals surface area (Å²) in [5, 5.41) is 11.8. The first kappa shape index (κ1) is 15.2. The molecule has 0 radical (unpaired) electrons. The second kappa shape index (κ2) is 8.32. The van der Waals surface area contributed by atoms with Gasteiger partial charge in [-0.15, -0.1) is 0 Å². The van der Waals surface area contributed by atoms with Crippen molar-refractivity contribution in [2.75, 3.05) is 6.54 Å². The van der Waals surface area contributed by atoms with Gasteiger partial charge in [0.15, 0.2) is 0 Å². The first-order valence-electron chi connectivity index (χ1n) is 6.01. The molecule has 0 spiro atoms. The molecule has 5 heteroatoms. The number of aliphatic carboxylic acids is 1. The smallest absolute Gasteiger partial charge is 0.303 e. The summed E-state index contributed by atoms with van der Waals surface area (Å²) in [6.45, 7) is 0.478. The maximum absolute atomic E-state index is 11.5. The molecule has 4 nitrogen and oxygen atoms in total. The summed E-state index contributed by atoms with van der Waals surface area (Å²) in [5.41, 5.74) is 0.855. The number of carboxylic acid groups (broad SMARTS) is 1. The van der Waals surface area contributed by atoms with Crippen molar-refractivity contribution >= 4 is 29.6 Å². The fourth-order valence-corrected chi connectivity index (χ4v) is 1.65. The lowest BCUT2D eigenvalue weighted by molar-refractivity contribution is -0.137. The summed E-state index contributed by atoms with van der Waals surface area (Å²) in [5.74, 6) is -1.01. The van der Waals surface area contributed by atoms with Gasteiger partial charge in [-0.05, 0) is 36.6 Å². The van der Waals surface area contributed by atoms with Crippen molar-refractivity contribution in [3.8, 4) is 0 Å². The minimum atomic E-state index is -0.813. The third-order valence-corrected chi connectivity index (χ3v) is 2.63. The van der Waals surface area contributed by atoms with Gasteiger partial charge in [0.1, 0.15) is 0 Å². The molecule has 0 aliphatic rings. The van der Waals surface area contributed by atoms with E-state index >= 15 is 0 Å². The molecular weight excluding hydrogens is 266 g/mol. The molecule has 0 saturated carbocycles. The molecule has 1 rings (SSSR count). The Hall–Kier alpha value is -1.81. The maximum Gasteiger partial charge on any atom is 0.303 e. The molecule has 0 fully saturated rings. The van der Waals surface area contributed by atoms with Crippen molar-refractivity contribution < 1.29 is 14.7 Å². The van der Waals surface area contributed by atoms with Crippen LogP contribution in [0.5, 0.6) is 0 Å². The standard InChI is InChI=1S/C14H16ClNO3/c15-12-5-3-4-11(10-12)7-8-13(17)16-9-2-1-6-14(18)19/h3-5,7-8,10H,1-2,6,9H2,(H,16,17)(H,18,19). The Labute approximate surface area is 117 Å². The summed E-state index contributed by atoms with van der Waals surface area (Å²) >= 11 is 5.82. The Kier molecular flexibility index (Phi) is 6.68. The third-order valence-electron chi connectivity index (χ3n) is 2.39. The molecule has 102 valence electrons. The molecule has 1 amide bonds. The molecule has 2 N–H and O–H groups in total. The summed E-state index contributed by atoms with van der Waals surface area (Å²) in [6, 6.07) is 7.19. The van der Waals surface area contributed by atoms with Crippen molar-refractivity contribution in [3.63, 3.8) is 0 Å². The number of amides is 1. The van der Waals surface area contributed by atoms with Crippen molar-refractivity contribution in [2.45, 2.75) is 19.3 Å². The number of nitrogens with one attached hydrogen (secondary N) is 1. The van der Waals surface area contributed by atoms with Gasteiger partial charge < -0.3 is 10.4 Å². The number of carboxylic acids is 1. The van der Waals surface area contributed by atoms with Gasteiger partial charge in [-0.3, -0.25) is 9.59 Å². The summed E-state index contributed by atoms with van der Waals surface area (Å²) in [7, 11) is 0. The van der Waals surface area contributed by atoms with Gasteiger partial charge in [0, 0.05) is 24.1 Å². The number of benzene rings is 1. The van der Waals surface area contributed by atoms with Crippen molar-refractivity contribution in [1.29, 1.82) is 0 Å². The lowest BCUT2D eigenvalue weighted by Gasteiger charge is -2.00. The molecule has 0 aliphatic heterocycles.